The van der Waals surface area contributed by atoms with Crippen LogP contribution in [0, 0.1) is 12.3 Å². The van der Waals surface area contributed by atoms with E-state index in [0.717, 1.165) is 0 Å². The van der Waals surface area contributed by atoms with Crippen molar-refractivity contribution in [1.29, 1.82) is 0 Å². The summed E-state index contributed by atoms with van der Waals surface area (Å²) in [5.41, 5.74) is 1.41. The summed E-state index contributed by atoms with van der Waals surface area (Å²) in [5.74, 6) is 1.81. The zero-order chi connectivity index (χ0) is 14.5. The van der Waals surface area contributed by atoms with Crippen molar-refractivity contribution < 1.29 is 18.8 Å². The Balaban J connectivity index is 3.56. The van der Waals surface area contributed by atoms with Gasteiger partial charge in [0.2, 0.25) is 5.91 Å². The van der Waals surface area contributed by atoms with E-state index in [9.17, 15) is 14.1 Å². The van der Waals surface area contributed by atoms with Crippen molar-refractivity contribution in [3.8, 4) is 12.3 Å². The number of hydrogen-bond donors (Lipinski definition) is 2. The SMILES string of the molecule is C#CCCCC(=O)NCCCCC(NF)C(=O)OC. The van der Waals surface area contributed by atoms with Gasteiger partial charge in [-0.05, 0) is 25.7 Å². The van der Waals surface area contributed by atoms with E-state index >= 15 is 0 Å². The molecule has 1 unspecified atom stereocenters. The molecule has 0 heterocycles. The van der Waals surface area contributed by atoms with E-state index in [0.29, 0.717) is 45.1 Å². The van der Waals surface area contributed by atoms with E-state index in [-0.39, 0.29) is 5.91 Å². The van der Waals surface area contributed by atoms with Gasteiger partial charge in [0.25, 0.3) is 0 Å². The molecule has 0 bridgehead atoms. The molecular formula is C13H21FN2O3. The molecule has 0 aliphatic carbocycles. The third-order valence-electron chi connectivity index (χ3n) is 2.58. The van der Waals surface area contributed by atoms with Gasteiger partial charge in [-0.15, -0.1) is 22.4 Å². The van der Waals surface area contributed by atoms with Crippen molar-refractivity contribution in [3.05, 3.63) is 0 Å². The Morgan fingerprint density at radius 1 is 1.37 bits per heavy atom. The second-order valence-electron chi connectivity index (χ2n) is 4.09. The summed E-state index contributed by atoms with van der Waals surface area (Å²) in [4.78, 5) is 22.4. The van der Waals surface area contributed by atoms with Crippen molar-refractivity contribution in [2.75, 3.05) is 13.7 Å². The summed E-state index contributed by atoms with van der Waals surface area (Å²) in [5, 5.41) is 2.74. The number of rotatable bonds is 10. The first-order chi connectivity index (χ1) is 9.15. The number of carbonyl (C=O) groups is 2. The molecule has 1 atom stereocenters. The van der Waals surface area contributed by atoms with Crippen LogP contribution in [-0.2, 0) is 14.3 Å². The fraction of sp³-hybridized carbons (Fsp3) is 0.692. The number of nitrogens with one attached hydrogen (secondary N) is 2. The number of esters is 1. The molecule has 0 spiro atoms. The number of carbonyl (C=O) groups excluding carboxylic acids is 2. The number of halogens is 1. The van der Waals surface area contributed by atoms with E-state index in [4.69, 9.17) is 6.42 Å². The molecule has 108 valence electrons. The summed E-state index contributed by atoms with van der Waals surface area (Å²) in [7, 11) is 1.21. The maximum Gasteiger partial charge on any atom is 0.325 e. The Labute approximate surface area is 113 Å². The molecular weight excluding hydrogens is 251 g/mol. The minimum absolute atomic E-state index is 0.0385. The largest absolute Gasteiger partial charge is 0.468 e. The average Bonchev–Trinajstić information content (AvgIpc) is 2.42. The third-order valence-corrected chi connectivity index (χ3v) is 2.58. The number of hydrogen-bond acceptors (Lipinski definition) is 4. The van der Waals surface area contributed by atoms with Crippen LogP contribution in [0.3, 0.4) is 0 Å². The average molecular weight is 272 g/mol. The lowest BCUT2D eigenvalue weighted by Crippen LogP contribution is -2.32. The van der Waals surface area contributed by atoms with Gasteiger partial charge in [0.05, 0.1) is 7.11 Å². The highest BCUT2D eigenvalue weighted by Gasteiger charge is 2.17. The number of amides is 1. The monoisotopic (exact) mass is 272 g/mol. The molecule has 5 nitrogen and oxygen atoms in total. The predicted octanol–water partition coefficient (Wildman–Crippen LogP) is 1.09. The highest BCUT2D eigenvalue weighted by Crippen LogP contribution is 2.03. The summed E-state index contributed by atoms with van der Waals surface area (Å²) in [6.07, 6.45) is 8.38. The second-order valence-corrected chi connectivity index (χ2v) is 4.09. The van der Waals surface area contributed by atoms with E-state index in [1.165, 1.54) is 12.6 Å². The number of ether oxygens (including phenoxy) is 1. The molecule has 0 aromatic carbocycles. The Kier molecular flexibility index (Phi) is 10.5. The molecule has 0 rings (SSSR count). The van der Waals surface area contributed by atoms with Gasteiger partial charge in [0.15, 0.2) is 0 Å². The molecule has 6 heteroatoms. The molecule has 0 aromatic rings. The van der Waals surface area contributed by atoms with Gasteiger partial charge in [0, 0.05) is 19.4 Å². The molecule has 2 N–H and O–H groups in total. The van der Waals surface area contributed by atoms with Gasteiger partial charge >= 0.3 is 5.97 Å². The normalized spacial score (nSPS) is 11.4. The van der Waals surface area contributed by atoms with E-state index in [2.05, 4.69) is 16.0 Å². The minimum Gasteiger partial charge on any atom is -0.468 e. The summed E-state index contributed by atoms with van der Waals surface area (Å²) in [6, 6.07) is -0.934. The Bertz CT molecular complexity index is 316. The Morgan fingerprint density at radius 2 is 2.11 bits per heavy atom. The van der Waals surface area contributed by atoms with Crippen molar-refractivity contribution in [2.45, 2.75) is 44.6 Å². The molecule has 1 amide bonds. The van der Waals surface area contributed by atoms with Crippen molar-refractivity contribution in [3.63, 3.8) is 0 Å². The van der Waals surface area contributed by atoms with Crippen molar-refractivity contribution in [2.24, 2.45) is 0 Å². The maximum absolute atomic E-state index is 12.3. The van der Waals surface area contributed by atoms with Crippen molar-refractivity contribution in [1.82, 2.24) is 10.9 Å². The summed E-state index contributed by atoms with van der Waals surface area (Å²) < 4.78 is 16.7. The van der Waals surface area contributed by atoms with E-state index in [1.807, 2.05) is 0 Å². The topological polar surface area (TPSA) is 67.4 Å². The standard InChI is InChI=1S/C13H21FN2O3/c1-3-4-5-9-12(17)15-10-7-6-8-11(16-14)13(18)19-2/h1,11,16H,4-10H2,2H3,(H,15,17). The number of unbranched alkanes of at least 4 members (excludes halogenated alkanes) is 2. The molecule has 0 aliphatic rings. The third kappa shape index (κ3) is 9.03. The Hall–Kier alpha value is -1.61. The smallest absolute Gasteiger partial charge is 0.325 e. The van der Waals surface area contributed by atoms with Crippen LogP contribution in [0.4, 0.5) is 4.48 Å². The molecule has 0 saturated carbocycles. The molecule has 0 aromatic heterocycles. The second kappa shape index (κ2) is 11.5. The van der Waals surface area contributed by atoms with Crippen LogP contribution in [0.5, 0.6) is 0 Å². The van der Waals surface area contributed by atoms with Gasteiger partial charge in [-0.2, -0.15) is 0 Å². The lowest BCUT2D eigenvalue weighted by molar-refractivity contribution is -0.144. The highest BCUT2D eigenvalue weighted by molar-refractivity contribution is 5.76. The zero-order valence-corrected chi connectivity index (χ0v) is 11.2. The predicted molar refractivity (Wildman–Crippen MR) is 69.6 cm³/mol. The van der Waals surface area contributed by atoms with Crippen LogP contribution < -0.4 is 10.9 Å². The lowest BCUT2D eigenvalue weighted by atomic mass is 10.1. The van der Waals surface area contributed by atoms with E-state index in [1.54, 1.807) is 0 Å². The van der Waals surface area contributed by atoms with Gasteiger partial charge in [-0.25, -0.2) is 0 Å². The quantitative estimate of drug-likeness (QED) is 0.270. The molecule has 0 radical (unpaired) electrons. The fourth-order valence-electron chi connectivity index (χ4n) is 1.50. The number of terminal acetylenes is 1. The first-order valence-electron chi connectivity index (χ1n) is 6.29. The van der Waals surface area contributed by atoms with Crippen LogP contribution >= 0.6 is 0 Å². The van der Waals surface area contributed by atoms with Crippen LogP contribution in [-0.4, -0.2) is 31.6 Å². The van der Waals surface area contributed by atoms with E-state index < -0.39 is 12.0 Å². The molecule has 0 fully saturated rings. The molecule has 19 heavy (non-hydrogen) atoms. The van der Waals surface area contributed by atoms with Crippen LogP contribution in [0.1, 0.15) is 38.5 Å². The number of methoxy groups -OCH3 is 1. The highest BCUT2D eigenvalue weighted by atomic mass is 19.2. The Morgan fingerprint density at radius 3 is 2.68 bits per heavy atom. The molecule has 0 saturated heterocycles. The maximum atomic E-state index is 12.3. The fourth-order valence-corrected chi connectivity index (χ4v) is 1.50. The van der Waals surface area contributed by atoms with Crippen LogP contribution in [0.15, 0.2) is 0 Å². The minimum atomic E-state index is -0.934. The van der Waals surface area contributed by atoms with Crippen LogP contribution in [0.25, 0.3) is 0 Å². The molecule has 0 aliphatic heterocycles. The van der Waals surface area contributed by atoms with Gasteiger partial charge in [-0.1, -0.05) is 0 Å². The first-order valence-corrected chi connectivity index (χ1v) is 6.29. The zero-order valence-electron chi connectivity index (χ0n) is 11.2. The van der Waals surface area contributed by atoms with Crippen molar-refractivity contribution >= 4 is 11.9 Å². The lowest BCUT2D eigenvalue weighted by Gasteiger charge is -2.11. The van der Waals surface area contributed by atoms with Gasteiger partial charge in [0.1, 0.15) is 6.04 Å². The van der Waals surface area contributed by atoms with Crippen LogP contribution in [0.2, 0.25) is 0 Å². The first kappa shape index (κ1) is 17.4. The summed E-state index contributed by atoms with van der Waals surface area (Å²) in [6.45, 7) is 0.509. The summed E-state index contributed by atoms with van der Waals surface area (Å²) >= 11 is 0. The van der Waals surface area contributed by atoms with Gasteiger partial charge < -0.3 is 10.1 Å². The van der Waals surface area contributed by atoms with Gasteiger partial charge in [-0.3, -0.25) is 9.59 Å².